The molecule has 0 bridgehead atoms. The fourth-order valence-electron chi connectivity index (χ4n) is 2.07. The monoisotopic (exact) mass is 338 g/mol. The molecule has 24 heavy (non-hydrogen) atoms. The van der Waals surface area contributed by atoms with E-state index in [9.17, 15) is 9.18 Å². The van der Waals surface area contributed by atoms with Gasteiger partial charge in [0, 0.05) is 11.3 Å². The van der Waals surface area contributed by atoms with Gasteiger partial charge < -0.3 is 11.1 Å². The number of rotatable bonds is 4. The maximum atomic E-state index is 12.9. The van der Waals surface area contributed by atoms with Gasteiger partial charge in [-0.2, -0.15) is 5.26 Å². The van der Waals surface area contributed by atoms with E-state index in [0.717, 1.165) is 11.3 Å². The van der Waals surface area contributed by atoms with E-state index < -0.39 is 0 Å². The number of hydrogen-bond acceptors (Lipinski definition) is 6. The SMILES string of the molecule is N#Cc1cccc(C(=O)c2sc(Nc3ccc(F)cc3)nc2N)c1. The van der Waals surface area contributed by atoms with Crippen LogP contribution in [0.2, 0.25) is 0 Å². The highest BCUT2D eigenvalue weighted by atomic mass is 32.1. The number of benzene rings is 2. The minimum Gasteiger partial charge on any atom is -0.382 e. The van der Waals surface area contributed by atoms with Gasteiger partial charge in [-0.15, -0.1) is 0 Å². The zero-order valence-electron chi connectivity index (χ0n) is 12.3. The Kier molecular flexibility index (Phi) is 4.22. The summed E-state index contributed by atoms with van der Waals surface area (Å²) < 4.78 is 12.9. The Hall–Kier alpha value is -3.24. The fraction of sp³-hybridized carbons (Fsp3) is 0. The van der Waals surface area contributed by atoms with E-state index in [2.05, 4.69) is 10.3 Å². The molecule has 0 radical (unpaired) electrons. The average molecular weight is 338 g/mol. The van der Waals surface area contributed by atoms with Crippen LogP contribution in [0.15, 0.2) is 48.5 Å². The van der Waals surface area contributed by atoms with E-state index in [1.165, 1.54) is 18.2 Å². The molecule has 1 aromatic heterocycles. The van der Waals surface area contributed by atoms with Crippen molar-refractivity contribution in [2.24, 2.45) is 0 Å². The van der Waals surface area contributed by atoms with Crippen molar-refractivity contribution in [1.82, 2.24) is 4.98 Å². The second-order valence-corrected chi connectivity index (χ2v) is 5.89. The number of nitrogen functional groups attached to an aromatic ring is 1. The number of nitrogens with zero attached hydrogens (tertiary/aromatic N) is 2. The van der Waals surface area contributed by atoms with E-state index in [0.29, 0.717) is 21.9 Å². The van der Waals surface area contributed by atoms with Gasteiger partial charge in [-0.3, -0.25) is 4.79 Å². The van der Waals surface area contributed by atoms with Gasteiger partial charge >= 0.3 is 0 Å². The molecule has 118 valence electrons. The lowest BCUT2D eigenvalue weighted by Gasteiger charge is -2.01. The Balaban J connectivity index is 1.86. The van der Waals surface area contributed by atoms with Gasteiger partial charge in [0.1, 0.15) is 16.5 Å². The van der Waals surface area contributed by atoms with Crippen molar-refractivity contribution in [2.45, 2.75) is 0 Å². The van der Waals surface area contributed by atoms with E-state index >= 15 is 0 Å². The minimum atomic E-state index is -0.340. The van der Waals surface area contributed by atoms with E-state index in [1.54, 1.807) is 30.3 Å². The topological polar surface area (TPSA) is 91.8 Å². The molecule has 0 unspecified atom stereocenters. The van der Waals surface area contributed by atoms with Crippen LogP contribution in [-0.4, -0.2) is 10.8 Å². The molecule has 7 heteroatoms. The van der Waals surface area contributed by atoms with Crippen molar-refractivity contribution >= 4 is 33.8 Å². The quantitative estimate of drug-likeness (QED) is 0.708. The second kappa shape index (κ2) is 6.48. The summed E-state index contributed by atoms with van der Waals surface area (Å²) in [7, 11) is 0. The molecular weight excluding hydrogens is 327 g/mol. The smallest absolute Gasteiger partial charge is 0.206 e. The van der Waals surface area contributed by atoms with Crippen molar-refractivity contribution in [3.8, 4) is 6.07 Å². The summed E-state index contributed by atoms with van der Waals surface area (Å²) in [5.74, 6) is -0.529. The zero-order chi connectivity index (χ0) is 17.1. The highest BCUT2D eigenvalue weighted by Crippen LogP contribution is 2.29. The lowest BCUT2D eigenvalue weighted by Crippen LogP contribution is -2.02. The molecule has 3 aromatic rings. The third-order valence-corrected chi connectivity index (χ3v) is 4.19. The number of nitrogens with two attached hydrogens (primary N) is 1. The Morgan fingerprint density at radius 3 is 2.71 bits per heavy atom. The van der Waals surface area contributed by atoms with Crippen molar-refractivity contribution in [2.75, 3.05) is 11.1 Å². The Morgan fingerprint density at radius 2 is 2.00 bits per heavy atom. The number of nitriles is 1. The van der Waals surface area contributed by atoms with Crippen LogP contribution >= 0.6 is 11.3 Å². The molecule has 0 saturated carbocycles. The van der Waals surface area contributed by atoms with E-state index in [-0.39, 0.29) is 22.3 Å². The molecule has 0 aliphatic rings. The molecule has 0 atom stereocenters. The predicted molar refractivity (Wildman–Crippen MR) is 90.8 cm³/mol. The second-order valence-electron chi connectivity index (χ2n) is 4.89. The molecule has 0 spiro atoms. The van der Waals surface area contributed by atoms with Gasteiger partial charge in [-0.25, -0.2) is 9.37 Å². The van der Waals surface area contributed by atoms with Gasteiger partial charge in [0.05, 0.1) is 11.6 Å². The highest BCUT2D eigenvalue weighted by molar-refractivity contribution is 7.18. The lowest BCUT2D eigenvalue weighted by molar-refractivity contribution is 0.104. The molecule has 5 nitrogen and oxygen atoms in total. The zero-order valence-corrected chi connectivity index (χ0v) is 13.1. The third kappa shape index (κ3) is 3.24. The van der Waals surface area contributed by atoms with Crippen LogP contribution in [-0.2, 0) is 0 Å². The normalized spacial score (nSPS) is 10.2. The number of carbonyl (C=O) groups is 1. The predicted octanol–water partition coefficient (Wildman–Crippen LogP) is 3.71. The number of ketones is 1. The van der Waals surface area contributed by atoms with Crippen molar-refractivity contribution in [3.63, 3.8) is 0 Å². The maximum Gasteiger partial charge on any atom is 0.206 e. The van der Waals surface area contributed by atoms with Crippen LogP contribution in [0.5, 0.6) is 0 Å². The fourth-order valence-corrected chi connectivity index (χ4v) is 2.93. The van der Waals surface area contributed by atoms with E-state index in [1.807, 2.05) is 6.07 Å². The van der Waals surface area contributed by atoms with Gasteiger partial charge in [0.15, 0.2) is 5.13 Å². The van der Waals surface area contributed by atoms with Gasteiger partial charge in [0.25, 0.3) is 0 Å². The number of carbonyl (C=O) groups excluding carboxylic acids is 1. The summed E-state index contributed by atoms with van der Waals surface area (Å²) >= 11 is 1.10. The molecule has 0 amide bonds. The number of aromatic nitrogens is 1. The summed E-state index contributed by atoms with van der Waals surface area (Å²) in [4.78, 5) is 17.0. The number of nitrogens with one attached hydrogen (secondary N) is 1. The molecule has 1 heterocycles. The van der Waals surface area contributed by atoms with Gasteiger partial charge in [0.2, 0.25) is 5.78 Å². The molecule has 0 aliphatic carbocycles. The Bertz CT molecular complexity index is 944. The van der Waals surface area contributed by atoms with E-state index in [4.69, 9.17) is 11.0 Å². The maximum absolute atomic E-state index is 12.9. The summed E-state index contributed by atoms with van der Waals surface area (Å²) in [6, 6.07) is 14.1. The Morgan fingerprint density at radius 1 is 1.25 bits per heavy atom. The lowest BCUT2D eigenvalue weighted by atomic mass is 10.1. The number of thiazole rings is 1. The first-order chi connectivity index (χ1) is 11.6. The molecule has 3 N–H and O–H groups in total. The first-order valence-electron chi connectivity index (χ1n) is 6.90. The average Bonchev–Trinajstić information content (AvgIpc) is 2.96. The van der Waals surface area contributed by atoms with Crippen LogP contribution in [0, 0.1) is 17.1 Å². The van der Waals surface area contributed by atoms with Crippen LogP contribution in [0.3, 0.4) is 0 Å². The van der Waals surface area contributed by atoms with Gasteiger partial charge in [-0.1, -0.05) is 23.5 Å². The number of hydrogen-bond donors (Lipinski definition) is 2. The van der Waals surface area contributed by atoms with Crippen molar-refractivity contribution < 1.29 is 9.18 Å². The molecular formula is C17H11FN4OS. The van der Waals surface area contributed by atoms with Crippen LogP contribution in [0.1, 0.15) is 20.8 Å². The number of anilines is 3. The van der Waals surface area contributed by atoms with Crippen LogP contribution in [0.25, 0.3) is 0 Å². The molecule has 3 rings (SSSR count). The van der Waals surface area contributed by atoms with Crippen molar-refractivity contribution in [1.29, 1.82) is 5.26 Å². The summed E-state index contributed by atoms with van der Waals surface area (Å²) in [6.45, 7) is 0. The van der Waals surface area contributed by atoms with Crippen molar-refractivity contribution in [3.05, 3.63) is 70.4 Å². The van der Waals surface area contributed by atoms with Crippen LogP contribution in [0.4, 0.5) is 21.0 Å². The Labute approximate surface area is 141 Å². The molecule has 0 aliphatic heterocycles. The van der Waals surface area contributed by atoms with Gasteiger partial charge in [-0.05, 0) is 36.4 Å². The standard InChI is InChI=1S/C17H11FN4OS/c18-12-4-6-13(7-5-12)21-17-22-16(20)15(24-17)14(23)11-3-1-2-10(8-11)9-19/h1-8H,20H2,(H,21,22). The third-order valence-electron chi connectivity index (χ3n) is 3.21. The molecule has 2 aromatic carbocycles. The highest BCUT2D eigenvalue weighted by Gasteiger charge is 2.18. The van der Waals surface area contributed by atoms with Crippen LogP contribution < -0.4 is 11.1 Å². The first kappa shape index (κ1) is 15.6. The minimum absolute atomic E-state index is 0.108. The molecule has 0 saturated heterocycles. The molecule has 0 fully saturated rings. The largest absolute Gasteiger partial charge is 0.382 e. The summed E-state index contributed by atoms with van der Waals surface area (Å²) in [5.41, 5.74) is 7.25. The number of halogens is 1. The summed E-state index contributed by atoms with van der Waals surface area (Å²) in [6.07, 6.45) is 0. The first-order valence-corrected chi connectivity index (χ1v) is 7.72. The summed E-state index contributed by atoms with van der Waals surface area (Å²) in [5, 5.41) is 12.3.